The number of hydrogen-bond donors (Lipinski definition) is 0. The number of pyridine rings is 1. The lowest BCUT2D eigenvalue weighted by atomic mass is 10.0. The van der Waals surface area contributed by atoms with Crippen LogP contribution in [0.15, 0.2) is 72.9 Å². The van der Waals surface area contributed by atoms with Crippen LogP contribution in [0.25, 0.3) is 22.4 Å². The van der Waals surface area contributed by atoms with Gasteiger partial charge in [-0.2, -0.15) is 0 Å². The number of aromatic nitrogens is 1. The van der Waals surface area contributed by atoms with Gasteiger partial charge in [0.2, 0.25) is 0 Å². The first-order valence-electron chi connectivity index (χ1n) is 6.53. The standard InChI is InChI=1S/C18H15NO/c1-20-18-11-10-15(17-9-5-6-12-19-17)13-16(18)14-7-3-2-4-8-14/h2-13H,1H3. The van der Waals surface area contributed by atoms with Gasteiger partial charge >= 0.3 is 0 Å². The van der Waals surface area contributed by atoms with E-state index in [0.29, 0.717) is 0 Å². The van der Waals surface area contributed by atoms with Crippen LogP contribution in [-0.2, 0) is 0 Å². The second-order valence-electron chi connectivity index (χ2n) is 4.50. The van der Waals surface area contributed by atoms with E-state index in [0.717, 1.165) is 28.1 Å². The van der Waals surface area contributed by atoms with Crippen LogP contribution in [0.1, 0.15) is 0 Å². The minimum atomic E-state index is 0.871. The molecule has 0 aliphatic heterocycles. The summed E-state index contributed by atoms with van der Waals surface area (Å²) in [5.41, 5.74) is 4.27. The molecule has 0 fully saturated rings. The molecule has 2 heteroatoms. The van der Waals surface area contributed by atoms with Crippen molar-refractivity contribution in [1.29, 1.82) is 0 Å². The molecule has 0 aliphatic carbocycles. The Morgan fingerprint density at radius 1 is 0.800 bits per heavy atom. The van der Waals surface area contributed by atoms with Gasteiger partial charge in [-0.25, -0.2) is 0 Å². The predicted octanol–water partition coefficient (Wildman–Crippen LogP) is 4.42. The van der Waals surface area contributed by atoms with E-state index in [4.69, 9.17) is 4.74 Å². The van der Waals surface area contributed by atoms with E-state index in [9.17, 15) is 0 Å². The summed E-state index contributed by atoms with van der Waals surface area (Å²) in [5, 5.41) is 0. The fourth-order valence-electron chi connectivity index (χ4n) is 2.24. The van der Waals surface area contributed by atoms with Gasteiger partial charge in [0.05, 0.1) is 12.8 Å². The zero-order chi connectivity index (χ0) is 13.8. The van der Waals surface area contributed by atoms with Crippen LogP contribution < -0.4 is 4.74 Å². The normalized spacial score (nSPS) is 10.2. The molecule has 1 heterocycles. The number of ether oxygens (including phenoxy) is 1. The Bertz CT molecular complexity index is 693. The van der Waals surface area contributed by atoms with Gasteiger partial charge in [0.1, 0.15) is 5.75 Å². The fraction of sp³-hybridized carbons (Fsp3) is 0.0556. The van der Waals surface area contributed by atoms with Crippen LogP contribution in [0.5, 0.6) is 5.75 Å². The molecule has 20 heavy (non-hydrogen) atoms. The van der Waals surface area contributed by atoms with E-state index in [-0.39, 0.29) is 0 Å². The monoisotopic (exact) mass is 261 g/mol. The average molecular weight is 261 g/mol. The maximum absolute atomic E-state index is 5.47. The van der Waals surface area contributed by atoms with Gasteiger partial charge < -0.3 is 4.74 Å². The first kappa shape index (κ1) is 12.4. The molecular weight excluding hydrogens is 246 g/mol. The quantitative estimate of drug-likeness (QED) is 0.696. The summed E-state index contributed by atoms with van der Waals surface area (Å²) in [6.07, 6.45) is 1.81. The lowest BCUT2D eigenvalue weighted by Gasteiger charge is -2.11. The molecule has 2 nitrogen and oxygen atoms in total. The first-order valence-corrected chi connectivity index (χ1v) is 6.53. The third kappa shape index (κ3) is 2.41. The predicted molar refractivity (Wildman–Crippen MR) is 81.7 cm³/mol. The van der Waals surface area contributed by atoms with Crippen molar-refractivity contribution in [3.8, 4) is 28.1 Å². The van der Waals surface area contributed by atoms with Crippen molar-refractivity contribution in [2.75, 3.05) is 7.11 Å². The molecule has 0 N–H and O–H groups in total. The maximum atomic E-state index is 5.47. The van der Waals surface area contributed by atoms with Crippen LogP contribution >= 0.6 is 0 Å². The second-order valence-corrected chi connectivity index (χ2v) is 4.50. The molecule has 0 radical (unpaired) electrons. The molecule has 0 bridgehead atoms. The highest BCUT2D eigenvalue weighted by atomic mass is 16.5. The second kappa shape index (κ2) is 5.57. The molecule has 3 aromatic rings. The van der Waals surface area contributed by atoms with Crippen LogP contribution in [0.2, 0.25) is 0 Å². The molecule has 1 aromatic heterocycles. The van der Waals surface area contributed by atoms with Gasteiger partial charge in [0.25, 0.3) is 0 Å². The minimum Gasteiger partial charge on any atom is -0.496 e. The van der Waals surface area contributed by atoms with Gasteiger partial charge in [0.15, 0.2) is 0 Å². The van der Waals surface area contributed by atoms with Crippen LogP contribution in [0.3, 0.4) is 0 Å². The summed E-state index contributed by atoms with van der Waals surface area (Å²) in [4.78, 5) is 4.40. The topological polar surface area (TPSA) is 22.1 Å². The Labute approximate surface area is 118 Å². The number of rotatable bonds is 3. The molecule has 3 rings (SSSR count). The average Bonchev–Trinajstić information content (AvgIpc) is 2.56. The lowest BCUT2D eigenvalue weighted by molar-refractivity contribution is 0.416. The SMILES string of the molecule is COc1ccc(-c2ccccn2)cc1-c1ccccc1. The molecule has 2 aromatic carbocycles. The number of methoxy groups -OCH3 is 1. The zero-order valence-electron chi connectivity index (χ0n) is 11.3. The van der Waals surface area contributed by atoms with Gasteiger partial charge in [0, 0.05) is 17.3 Å². The van der Waals surface area contributed by atoms with Gasteiger partial charge in [-0.05, 0) is 35.9 Å². The minimum absolute atomic E-state index is 0.871. The maximum Gasteiger partial charge on any atom is 0.126 e. The Hall–Kier alpha value is -2.61. The molecule has 0 amide bonds. The van der Waals surface area contributed by atoms with E-state index < -0.39 is 0 Å². The van der Waals surface area contributed by atoms with E-state index in [1.807, 2.05) is 54.7 Å². The van der Waals surface area contributed by atoms with Gasteiger partial charge in [-0.3, -0.25) is 4.98 Å². The van der Waals surface area contributed by atoms with Crippen LogP contribution in [0.4, 0.5) is 0 Å². The van der Waals surface area contributed by atoms with Crippen LogP contribution in [-0.4, -0.2) is 12.1 Å². The fourth-order valence-corrected chi connectivity index (χ4v) is 2.24. The van der Waals surface area contributed by atoms with Crippen molar-refractivity contribution < 1.29 is 4.74 Å². The van der Waals surface area contributed by atoms with Crippen molar-refractivity contribution in [1.82, 2.24) is 4.98 Å². The largest absolute Gasteiger partial charge is 0.496 e. The molecule has 0 saturated carbocycles. The van der Waals surface area contributed by atoms with Crippen molar-refractivity contribution >= 4 is 0 Å². The van der Waals surface area contributed by atoms with Crippen molar-refractivity contribution in [2.24, 2.45) is 0 Å². The molecular formula is C18H15NO. The van der Waals surface area contributed by atoms with E-state index >= 15 is 0 Å². The summed E-state index contributed by atoms with van der Waals surface area (Å²) in [6.45, 7) is 0. The summed E-state index contributed by atoms with van der Waals surface area (Å²) < 4.78 is 5.47. The first-order chi connectivity index (χ1) is 9.88. The van der Waals surface area contributed by atoms with E-state index in [1.165, 1.54) is 0 Å². The van der Waals surface area contributed by atoms with Crippen LogP contribution in [0, 0.1) is 0 Å². The number of benzene rings is 2. The van der Waals surface area contributed by atoms with E-state index in [2.05, 4.69) is 23.2 Å². The number of nitrogens with zero attached hydrogens (tertiary/aromatic N) is 1. The molecule has 0 saturated heterocycles. The Balaban J connectivity index is 2.13. The van der Waals surface area contributed by atoms with Gasteiger partial charge in [-0.15, -0.1) is 0 Å². The molecule has 98 valence electrons. The highest BCUT2D eigenvalue weighted by Crippen LogP contribution is 2.33. The highest BCUT2D eigenvalue weighted by molar-refractivity contribution is 5.76. The summed E-state index contributed by atoms with van der Waals surface area (Å²) in [5.74, 6) is 0.871. The zero-order valence-corrected chi connectivity index (χ0v) is 11.3. The van der Waals surface area contributed by atoms with Crippen molar-refractivity contribution in [3.63, 3.8) is 0 Å². The Kier molecular flexibility index (Phi) is 3.46. The van der Waals surface area contributed by atoms with Gasteiger partial charge in [-0.1, -0.05) is 36.4 Å². The van der Waals surface area contributed by atoms with E-state index in [1.54, 1.807) is 7.11 Å². The summed E-state index contributed by atoms with van der Waals surface area (Å²) >= 11 is 0. The Morgan fingerprint density at radius 3 is 2.30 bits per heavy atom. The Morgan fingerprint density at radius 2 is 1.60 bits per heavy atom. The highest BCUT2D eigenvalue weighted by Gasteiger charge is 2.08. The molecule has 0 aliphatic rings. The summed E-state index contributed by atoms with van der Waals surface area (Å²) in [6, 6.07) is 22.3. The molecule has 0 atom stereocenters. The van der Waals surface area contributed by atoms with Crippen molar-refractivity contribution in [2.45, 2.75) is 0 Å². The lowest BCUT2D eigenvalue weighted by Crippen LogP contribution is -1.90. The third-order valence-electron chi connectivity index (χ3n) is 3.24. The molecule has 0 spiro atoms. The smallest absolute Gasteiger partial charge is 0.126 e. The number of hydrogen-bond acceptors (Lipinski definition) is 2. The third-order valence-corrected chi connectivity index (χ3v) is 3.24. The van der Waals surface area contributed by atoms with Crippen molar-refractivity contribution in [3.05, 3.63) is 72.9 Å². The molecule has 0 unspecified atom stereocenters. The summed E-state index contributed by atoms with van der Waals surface area (Å²) in [7, 11) is 1.70.